The molecule has 6 rings (SSSR count). The Hall–Kier alpha value is -3.07. The molecular weight excluding hydrogens is 354 g/mol. The third-order valence-electron chi connectivity index (χ3n) is 6.45. The number of pyridine rings is 2. The van der Waals surface area contributed by atoms with Crippen LogP contribution in [0, 0.1) is 0 Å². The van der Waals surface area contributed by atoms with Crippen LogP contribution in [0.4, 0.5) is 5.69 Å². The molecule has 1 aliphatic heterocycles. The van der Waals surface area contributed by atoms with E-state index in [2.05, 4.69) is 87.5 Å². The fourth-order valence-corrected chi connectivity index (χ4v) is 5.02. The number of imidazole rings is 1. The Morgan fingerprint density at radius 1 is 0.862 bits per heavy atom. The highest BCUT2D eigenvalue weighted by Crippen LogP contribution is 2.27. The lowest BCUT2D eigenvalue weighted by atomic mass is 10.1. The smallest absolute Gasteiger partial charge is 0.292 e. The molecule has 1 aliphatic rings. The zero-order valence-electron chi connectivity index (χ0n) is 16.9. The summed E-state index contributed by atoms with van der Waals surface area (Å²) in [7, 11) is 0. The van der Waals surface area contributed by atoms with E-state index in [0.29, 0.717) is 0 Å². The van der Waals surface area contributed by atoms with Crippen molar-refractivity contribution < 1.29 is 4.40 Å². The van der Waals surface area contributed by atoms with Gasteiger partial charge >= 0.3 is 0 Å². The number of benzene rings is 2. The molecule has 0 atom stereocenters. The normalized spacial score (nSPS) is 14.7. The Morgan fingerprint density at radius 3 is 2.59 bits per heavy atom. The molecular formula is C26H26N3+. The predicted molar refractivity (Wildman–Crippen MR) is 121 cm³/mol. The molecule has 0 saturated carbocycles. The summed E-state index contributed by atoms with van der Waals surface area (Å²) in [5.74, 6) is 0. The number of anilines is 1. The average Bonchev–Trinajstić information content (AvgIpc) is 3.41. The molecule has 0 bridgehead atoms. The second kappa shape index (κ2) is 6.48. The van der Waals surface area contributed by atoms with Crippen molar-refractivity contribution in [2.75, 3.05) is 18.0 Å². The summed E-state index contributed by atoms with van der Waals surface area (Å²) in [6.45, 7) is 4.61. The number of hydrogen-bond donors (Lipinski definition) is 0. The summed E-state index contributed by atoms with van der Waals surface area (Å²) in [6.07, 6.45) is 7.21. The first-order chi connectivity index (χ1) is 14.3. The summed E-state index contributed by atoms with van der Waals surface area (Å²) in [4.78, 5) is 2.51. The first-order valence-electron chi connectivity index (χ1n) is 10.9. The van der Waals surface area contributed by atoms with E-state index in [1.54, 1.807) is 0 Å². The van der Waals surface area contributed by atoms with Crippen molar-refractivity contribution in [2.24, 2.45) is 0 Å². The van der Waals surface area contributed by atoms with E-state index in [0.717, 1.165) is 6.42 Å². The molecule has 0 aliphatic carbocycles. The number of hydrogen-bond acceptors (Lipinski definition) is 1. The Labute approximate surface area is 170 Å². The third-order valence-corrected chi connectivity index (χ3v) is 6.45. The number of nitrogens with zero attached hydrogens (tertiary/aromatic N) is 3. The van der Waals surface area contributed by atoms with Crippen molar-refractivity contribution in [3.63, 3.8) is 0 Å². The molecule has 29 heavy (non-hydrogen) atoms. The van der Waals surface area contributed by atoms with Gasteiger partial charge in [-0.2, -0.15) is 8.80 Å². The maximum absolute atomic E-state index is 2.51. The topological polar surface area (TPSA) is 11.8 Å². The van der Waals surface area contributed by atoms with Crippen LogP contribution in [0.5, 0.6) is 0 Å². The Balaban J connectivity index is 1.58. The van der Waals surface area contributed by atoms with Crippen LogP contribution in [0.3, 0.4) is 0 Å². The monoisotopic (exact) mass is 380 g/mol. The average molecular weight is 381 g/mol. The number of aromatic nitrogens is 2. The first kappa shape index (κ1) is 16.8. The summed E-state index contributed by atoms with van der Waals surface area (Å²) in [5.41, 5.74) is 7.77. The van der Waals surface area contributed by atoms with Gasteiger partial charge in [0.2, 0.25) is 0 Å². The molecule has 3 aromatic heterocycles. The fraction of sp³-hybridized carbons (Fsp3) is 0.269. The lowest BCUT2D eigenvalue weighted by Crippen LogP contribution is -2.21. The van der Waals surface area contributed by atoms with Gasteiger partial charge in [0.15, 0.2) is 5.52 Å². The van der Waals surface area contributed by atoms with Crippen molar-refractivity contribution in [2.45, 2.75) is 32.6 Å². The fourth-order valence-electron chi connectivity index (χ4n) is 5.02. The van der Waals surface area contributed by atoms with Gasteiger partial charge in [0.25, 0.3) is 5.65 Å². The Kier molecular flexibility index (Phi) is 3.77. The van der Waals surface area contributed by atoms with Crippen molar-refractivity contribution in [3.8, 4) is 0 Å². The van der Waals surface area contributed by atoms with Crippen LogP contribution >= 0.6 is 0 Å². The summed E-state index contributed by atoms with van der Waals surface area (Å²) >= 11 is 0. The van der Waals surface area contributed by atoms with Crippen molar-refractivity contribution in [1.29, 1.82) is 0 Å². The molecule has 4 heterocycles. The molecule has 5 aromatic rings. The summed E-state index contributed by atoms with van der Waals surface area (Å²) < 4.78 is 4.73. The first-order valence-corrected chi connectivity index (χ1v) is 10.9. The maximum Gasteiger partial charge on any atom is 0.292 e. The number of fused-ring (bicyclic) bond motifs is 7. The van der Waals surface area contributed by atoms with E-state index in [1.165, 1.54) is 76.6 Å². The van der Waals surface area contributed by atoms with Gasteiger partial charge in [0.05, 0.1) is 0 Å². The molecule has 1 saturated heterocycles. The highest BCUT2D eigenvalue weighted by atomic mass is 15.1. The second-order valence-corrected chi connectivity index (χ2v) is 8.36. The molecule has 0 unspecified atom stereocenters. The standard InChI is InChI=1S/C26H26N3/c1-2-5-19-6-11-25-20(16-19)7-9-23-18-28-24-12-10-22(27-14-3-4-15-27)17-21(24)8-13-26(28)29(23)25/h6-13,16-18H,2-5,14-15H2,1H3/q+1. The van der Waals surface area contributed by atoms with Crippen LogP contribution in [0.1, 0.15) is 31.7 Å². The molecule has 0 amide bonds. The van der Waals surface area contributed by atoms with Gasteiger partial charge in [-0.15, -0.1) is 0 Å². The number of rotatable bonds is 3. The van der Waals surface area contributed by atoms with E-state index in [1.807, 2.05) is 0 Å². The Morgan fingerprint density at radius 2 is 1.72 bits per heavy atom. The van der Waals surface area contributed by atoms with E-state index < -0.39 is 0 Å². The second-order valence-electron chi connectivity index (χ2n) is 8.36. The van der Waals surface area contributed by atoms with Crippen LogP contribution in [-0.2, 0) is 6.42 Å². The quantitative estimate of drug-likeness (QED) is 0.374. The minimum absolute atomic E-state index is 1.14. The van der Waals surface area contributed by atoms with Crippen molar-refractivity contribution in [1.82, 2.24) is 4.40 Å². The van der Waals surface area contributed by atoms with Gasteiger partial charge in [-0.1, -0.05) is 19.4 Å². The van der Waals surface area contributed by atoms with Crippen LogP contribution in [0.2, 0.25) is 0 Å². The van der Waals surface area contributed by atoms with Gasteiger partial charge in [-0.3, -0.25) is 0 Å². The van der Waals surface area contributed by atoms with Crippen molar-refractivity contribution in [3.05, 3.63) is 72.4 Å². The zero-order valence-corrected chi connectivity index (χ0v) is 16.9. The molecule has 1 fully saturated rings. The maximum atomic E-state index is 2.51. The van der Waals surface area contributed by atoms with Gasteiger partial charge in [0.1, 0.15) is 17.2 Å². The van der Waals surface area contributed by atoms with E-state index in [-0.39, 0.29) is 0 Å². The third kappa shape index (κ3) is 2.61. The van der Waals surface area contributed by atoms with Gasteiger partial charge in [-0.25, -0.2) is 0 Å². The zero-order chi connectivity index (χ0) is 19.4. The molecule has 3 heteroatoms. The minimum Gasteiger partial charge on any atom is -0.372 e. The largest absolute Gasteiger partial charge is 0.372 e. The van der Waals surface area contributed by atoms with Gasteiger partial charge in [0, 0.05) is 35.6 Å². The van der Waals surface area contributed by atoms with E-state index in [4.69, 9.17) is 0 Å². The lowest BCUT2D eigenvalue weighted by Gasteiger charge is -2.17. The molecule has 3 nitrogen and oxygen atoms in total. The summed E-state index contributed by atoms with van der Waals surface area (Å²) in [6, 6.07) is 22.9. The Bertz CT molecular complexity index is 1370. The van der Waals surface area contributed by atoms with Crippen LogP contribution in [-0.4, -0.2) is 17.5 Å². The van der Waals surface area contributed by atoms with E-state index >= 15 is 0 Å². The van der Waals surface area contributed by atoms with Crippen molar-refractivity contribution >= 4 is 38.7 Å². The van der Waals surface area contributed by atoms with Crippen LogP contribution in [0.15, 0.2) is 66.9 Å². The highest BCUT2D eigenvalue weighted by molar-refractivity contribution is 5.86. The molecule has 0 N–H and O–H groups in total. The molecule has 144 valence electrons. The van der Waals surface area contributed by atoms with E-state index in [9.17, 15) is 0 Å². The highest BCUT2D eigenvalue weighted by Gasteiger charge is 2.18. The van der Waals surface area contributed by atoms with Gasteiger partial charge in [-0.05, 0) is 73.4 Å². The lowest BCUT2D eigenvalue weighted by molar-refractivity contribution is -0.450. The molecule has 2 aromatic carbocycles. The van der Waals surface area contributed by atoms with Crippen LogP contribution < -0.4 is 9.30 Å². The van der Waals surface area contributed by atoms with Gasteiger partial charge < -0.3 is 4.90 Å². The minimum atomic E-state index is 1.14. The molecule has 0 radical (unpaired) electrons. The summed E-state index contributed by atoms with van der Waals surface area (Å²) in [5, 5.41) is 2.61. The number of aryl methyl sites for hydroxylation is 1. The SMILES string of the molecule is CCCc1ccc2c(ccc3cn4c5ccc(N6CCCC6)cc5ccc4[n+]32)c1. The van der Waals surface area contributed by atoms with Crippen LogP contribution in [0.25, 0.3) is 33.0 Å². The predicted octanol–water partition coefficient (Wildman–Crippen LogP) is 5.54. The molecule has 0 spiro atoms.